The molecule has 0 saturated carbocycles. The van der Waals surface area contributed by atoms with Crippen LogP contribution in [0.5, 0.6) is 0 Å². The second-order valence-electron chi connectivity index (χ2n) is 4.90. The first kappa shape index (κ1) is 14.8. The normalized spacial score (nSPS) is 19.6. The van der Waals surface area contributed by atoms with Gasteiger partial charge in [-0.3, -0.25) is 4.79 Å². The van der Waals surface area contributed by atoms with Crippen LogP contribution in [0.2, 0.25) is 0 Å². The molecule has 110 valence electrons. The molecule has 1 aromatic rings. The van der Waals surface area contributed by atoms with Gasteiger partial charge in [-0.1, -0.05) is 18.6 Å². The van der Waals surface area contributed by atoms with Crippen LogP contribution in [0, 0.1) is 0 Å². The lowest BCUT2D eigenvalue weighted by Gasteiger charge is -2.23. The molecule has 1 heterocycles. The molecule has 1 aliphatic rings. The van der Waals surface area contributed by atoms with E-state index in [1.165, 1.54) is 18.2 Å². The van der Waals surface area contributed by atoms with Crippen LogP contribution >= 0.6 is 0 Å². The van der Waals surface area contributed by atoms with Crippen LogP contribution in [-0.2, 0) is 6.18 Å². The van der Waals surface area contributed by atoms with Crippen molar-refractivity contribution >= 4 is 5.91 Å². The lowest BCUT2D eigenvalue weighted by molar-refractivity contribution is -0.137. The van der Waals surface area contributed by atoms with Gasteiger partial charge in [0, 0.05) is 12.6 Å². The third kappa shape index (κ3) is 3.72. The number of amides is 1. The van der Waals surface area contributed by atoms with Crippen molar-refractivity contribution in [2.45, 2.75) is 31.5 Å². The minimum absolute atomic E-state index is 0.144. The number of piperidine rings is 1. The fourth-order valence-electron chi connectivity index (χ4n) is 2.34. The largest absolute Gasteiger partial charge is 0.417 e. The number of halogens is 3. The topological polar surface area (TPSA) is 41.1 Å². The maximum Gasteiger partial charge on any atom is 0.417 e. The molecule has 0 radical (unpaired) electrons. The molecule has 2 N–H and O–H groups in total. The summed E-state index contributed by atoms with van der Waals surface area (Å²) in [6, 6.07) is 4.98. The Labute approximate surface area is 115 Å². The summed E-state index contributed by atoms with van der Waals surface area (Å²) in [5.74, 6) is -0.676. The predicted molar refractivity (Wildman–Crippen MR) is 69.4 cm³/mol. The quantitative estimate of drug-likeness (QED) is 0.896. The minimum atomic E-state index is -4.52. The standard InChI is InChI=1S/C14H17F3N2O/c15-14(16,17)12-7-2-1-6-11(12)13(20)19-9-10-5-3-4-8-18-10/h1-2,6-7,10,18H,3-5,8-9H2,(H,19,20). The first-order valence-electron chi connectivity index (χ1n) is 6.66. The average Bonchev–Trinajstić information content (AvgIpc) is 2.45. The molecule has 1 atom stereocenters. The highest BCUT2D eigenvalue weighted by atomic mass is 19.4. The second-order valence-corrected chi connectivity index (χ2v) is 4.90. The van der Waals surface area contributed by atoms with Crippen molar-refractivity contribution in [3.05, 3.63) is 35.4 Å². The molecular weight excluding hydrogens is 269 g/mol. The van der Waals surface area contributed by atoms with E-state index in [0.717, 1.165) is 31.9 Å². The molecule has 1 saturated heterocycles. The Balaban J connectivity index is 2.02. The lowest BCUT2D eigenvalue weighted by atomic mass is 10.0. The highest BCUT2D eigenvalue weighted by molar-refractivity contribution is 5.95. The molecule has 0 bridgehead atoms. The summed E-state index contributed by atoms with van der Waals surface area (Å²) in [6.07, 6.45) is -1.41. The number of rotatable bonds is 3. The van der Waals surface area contributed by atoms with Crippen LogP contribution in [0.25, 0.3) is 0 Å². The molecule has 0 spiro atoms. The van der Waals surface area contributed by atoms with E-state index in [-0.39, 0.29) is 11.6 Å². The summed E-state index contributed by atoms with van der Waals surface area (Å²) in [5, 5.41) is 5.81. The monoisotopic (exact) mass is 286 g/mol. The van der Waals surface area contributed by atoms with Crippen LogP contribution in [0.1, 0.15) is 35.2 Å². The molecule has 1 unspecified atom stereocenters. The number of nitrogens with one attached hydrogen (secondary N) is 2. The fourth-order valence-corrected chi connectivity index (χ4v) is 2.34. The number of alkyl halides is 3. The number of hydrogen-bond acceptors (Lipinski definition) is 2. The predicted octanol–water partition coefficient (Wildman–Crippen LogP) is 2.58. The van der Waals surface area contributed by atoms with Gasteiger partial charge in [-0.2, -0.15) is 13.2 Å². The second kappa shape index (κ2) is 6.26. The van der Waals surface area contributed by atoms with Crippen LogP contribution in [-0.4, -0.2) is 25.0 Å². The Hall–Kier alpha value is -1.56. The SMILES string of the molecule is O=C(NCC1CCCCN1)c1ccccc1C(F)(F)F. The number of carbonyl (C=O) groups is 1. The van der Waals surface area contributed by atoms with Gasteiger partial charge in [-0.05, 0) is 31.5 Å². The Morgan fingerprint density at radius 3 is 2.70 bits per heavy atom. The van der Waals surface area contributed by atoms with Gasteiger partial charge in [0.15, 0.2) is 0 Å². The van der Waals surface area contributed by atoms with Crippen molar-refractivity contribution in [3.63, 3.8) is 0 Å². The third-order valence-corrected chi connectivity index (χ3v) is 3.40. The van der Waals surface area contributed by atoms with E-state index >= 15 is 0 Å². The van der Waals surface area contributed by atoms with Crippen molar-refractivity contribution in [2.24, 2.45) is 0 Å². The van der Waals surface area contributed by atoms with Crippen LogP contribution in [0.3, 0.4) is 0 Å². The maximum absolute atomic E-state index is 12.8. The zero-order valence-electron chi connectivity index (χ0n) is 11.0. The van der Waals surface area contributed by atoms with Gasteiger partial charge in [-0.15, -0.1) is 0 Å². The van der Waals surface area contributed by atoms with Crippen molar-refractivity contribution in [1.82, 2.24) is 10.6 Å². The van der Waals surface area contributed by atoms with Crippen molar-refractivity contribution in [3.8, 4) is 0 Å². The van der Waals surface area contributed by atoms with Gasteiger partial charge >= 0.3 is 6.18 Å². The van der Waals surface area contributed by atoms with E-state index in [0.29, 0.717) is 6.54 Å². The molecule has 3 nitrogen and oxygen atoms in total. The number of benzene rings is 1. The molecule has 1 aliphatic heterocycles. The molecule has 0 aliphatic carbocycles. The van der Waals surface area contributed by atoms with E-state index in [9.17, 15) is 18.0 Å². The molecule has 0 aromatic heterocycles. The highest BCUT2D eigenvalue weighted by Gasteiger charge is 2.34. The van der Waals surface area contributed by atoms with E-state index in [1.807, 2.05) is 0 Å². The van der Waals surface area contributed by atoms with E-state index < -0.39 is 17.6 Å². The van der Waals surface area contributed by atoms with E-state index in [2.05, 4.69) is 10.6 Å². The Morgan fingerprint density at radius 1 is 1.30 bits per heavy atom. The smallest absolute Gasteiger partial charge is 0.350 e. The van der Waals surface area contributed by atoms with Crippen molar-refractivity contribution in [1.29, 1.82) is 0 Å². The van der Waals surface area contributed by atoms with E-state index in [1.54, 1.807) is 0 Å². The fraction of sp³-hybridized carbons (Fsp3) is 0.500. The summed E-state index contributed by atoms with van der Waals surface area (Å²) in [6.45, 7) is 1.24. The summed E-state index contributed by atoms with van der Waals surface area (Å²) in [5.41, 5.74) is -1.22. The third-order valence-electron chi connectivity index (χ3n) is 3.40. The summed E-state index contributed by atoms with van der Waals surface area (Å²) < 4.78 is 38.4. The molecule has 2 rings (SSSR count). The molecular formula is C14H17F3N2O. The van der Waals surface area contributed by atoms with Gasteiger partial charge in [0.25, 0.3) is 5.91 Å². The summed E-state index contributed by atoms with van der Waals surface area (Å²) in [4.78, 5) is 11.9. The van der Waals surface area contributed by atoms with Gasteiger partial charge in [0.2, 0.25) is 0 Å². The summed E-state index contributed by atoms with van der Waals surface area (Å²) in [7, 11) is 0. The van der Waals surface area contributed by atoms with Crippen molar-refractivity contribution in [2.75, 3.05) is 13.1 Å². The number of hydrogen-bond donors (Lipinski definition) is 2. The van der Waals surface area contributed by atoms with E-state index in [4.69, 9.17) is 0 Å². The lowest BCUT2D eigenvalue weighted by Crippen LogP contribution is -2.43. The maximum atomic E-state index is 12.8. The van der Waals surface area contributed by atoms with Crippen molar-refractivity contribution < 1.29 is 18.0 Å². The molecule has 1 fully saturated rings. The highest BCUT2D eigenvalue weighted by Crippen LogP contribution is 2.31. The Kier molecular flexibility index (Phi) is 4.65. The number of carbonyl (C=O) groups excluding carboxylic acids is 1. The van der Waals surface area contributed by atoms with Gasteiger partial charge < -0.3 is 10.6 Å². The first-order valence-corrected chi connectivity index (χ1v) is 6.66. The molecule has 1 aromatic carbocycles. The molecule has 1 amide bonds. The molecule has 20 heavy (non-hydrogen) atoms. The Bertz CT molecular complexity index is 468. The zero-order valence-corrected chi connectivity index (χ0v) is 11.0. The van der Waals surface area contributed by atoms with Crippen LogP contribution in [0.4, 0.5) is 13.2 Å². The van der Waals surface area contributed by atoms with Crippen LogP contribution < -0.4 is 10.6 Å². The average molecular weight is 286 g/mol. The first-order chi connectivity index (χ1) is 9.48. The van der Waals surface area contributed by atoms with Gasteiger partial charge in [0.1, 0.15) is 0 Å². The Morgan fingerprint density at radius 2 is 2.05 bits per heavy atom. The van der Waals surface area contributed by atoms with Gasteiger partial charge in [0.05, 0.1) is 11.1 Å². The summed E-state index contributed by atoms with van der Waals surface area (Å²) >= 11 is 0. The van der Waals surface area contributed by atoms with Crippen LogP contribution in [0.15, 0.2) is 24.3 Å². The molecule has 6 heteroatoms. The zero-order chi connectivity index (χ0) is 14.6. The van der Waals surface area contributed by atoms with Gasteiger partial charge in [-0.25, -0.2) is 0 Å². The minimum Gasteiger partial charge on any atom is -0.350 e.